The van der Waals surface area contributed by atoms with Gasteiger partial charge in [0.1, 0.15) is 16.5 Å². The zero-order valence-corrected chi connectivity index (χ0v) is 15.7. The number of hydrogen-bond donors (Lipinski definition) is 0. The van der Waals surface area contributed by atoms with E-state index >= 15 is 0 Å². The molecule has 1 aromatic carbocycles. The third-order valence-electron chi connectivity index (χ3n) is 4.75. The maximum atomic E-state index is 14.0. The Morgan fingerprint density at radius 1 is 1.04 bits per heavy atom. The molecule has 25 heavy (non-hydrogen) atoms. The number of rotatable bonds is 2. The molecule has 0 N–H and O–H groups in total. The highest BCUT2D eigenvalue weighted by atomic mass is 35.5. The van der Waals surface area contributed by atoms with E-state index in [1.807, 2.05) is 12.1 Å². The Kier molecular flexibility index (Phi) is 4.25. The summed E-state index contributed by atoms with van der Waals surface area (Å²) in [4.78, 5) is 15.4. The molecular formula is C18H18ClFN4S. The van der Waals surface area contributed by atoms with Crippen LogP contribution >= 0.6 is 22.9 Å². The lowest BCUT2D eigenvalue weighted by atomic mass is 10.2. The highest BCUT2D eigenvalue weighted by Gasteiger charge is 2.24. The first-order valence-electron chi connectivity index (χ1n) is 8.22. The van der Waals surface area contributed by atoms with Gasteiger partial charge in [-0.3, -0.25) is 0 Å². The molecule has 7 heteroatoms. The van der Waals surface area contributed by atoms with Gasteiger partial charge in [-0.25, -0.2) is 9.37 Å². The number of anilines is 2. The van der Waals surface area contributed by atoms with Gasteiger partial charge in [0.05, 0.1) is 11.1 Å². The van der Waals surface area contributed by atoms with Crippen LogP contribution < -0.4 is 9.80 Å². The molecule has 0 radical (unpaired) electrons. The van der Waals surface area contributed by atoms with Crippen molar-refractivity contribution in [2.75, 3.05) is 36.0 Å². The minimum atomic E-state index is -0.173. The van der Waals surface area contributed by atoms with Gasteiger partial charge in [-0.2, -0.15) is 4.98 Å². The summed E-state index contributed by atoms with van der Waals surface area (Å²) in [7, 11) is 0. The molecule has 0 atom stereocenters. The van der Waals surface area contributed by atoms with Crippen LogP contribution in [0.4, 0.5) is 15.9 Å². The minimum absolute atomic E-state index is 0.173. The topological polar surface area (TPSA) is 32.3 Å². The molecule has 0 saturated carbocycles. The van der Waals surface area contributed by atoms with Crippen molar-refractivity contribution < 1.29 is 4.39 Å². The molecular weight excluding hydrogens is 359 g/mol. The molecule has 0 unspecified atom stereocenters. The first kappa shape index (κ1) is 16.5. The number of benzene rings is 1. The summed E-state index contributed by atoms with van der Waals surface area (Å²) in [5, 5.41) is 1.37. The molecule has 130 valence electrons. The molecule has 0 amide bonds. The Labute approximate surface area is 154 Å². The molecule has 1 saturated heterocycles. The van der Waals surface area contributed by atoms with Gasteiger partial charge >= 0.3 is 0 Å². The van der Waals surface area contributed by atoms with Crippen LogP contribution in [0.5, 0.6) is 0 Å². The molecule has 0 spiro atoms. The smallest absolute Gasteiger partial charge is 0.225 e. The number of fused-ring (bicyclic) bond motifs is 1. The second-order valence-electron chi connectivity index (χ2n) is 6.21. The average Bonchev–Trinajstić information content (AvgIpc) is 2.89. The summed E-state index contributed by atoms with van der Waals surface area (Å²) < 4.78 is 14.0. The highest BCUT2D eigenvalue weighted by Crippen LogP contribution is 2.36. The van der Waals surface area contributed by atoms with Crippen LogP contribution in [0, 0.1) is 19.7 Å². The molecule has 4 nitrogen and oxygen atoms in total. The summed E-state index contributed by atoms with van der Waals surface area (Å²) in [6.45, 7) is 7.22. The normalized spacial score (nSPS) is 15.2. The van der Waals surface area contributed by atoms with Crippen LogP contribution in [0.1, 0.15) is 10.4 Å². The fraction of sp³-hybridized carbons (Fsp3) is 0.333. The van der Waals surface area contributed by atoms with Gasteiger partial charge in [0.2, 0.25) is 5.28 Å². The van der Waals surface area contributed by atoms with Crippen LogP contribution in [-0.4, -0.2) is 36.1 Å². The van der Waals surface area contributed by atoms with Crippen LogP contribution in [0.15, 0.2) is 24.3 Å². The Morgan fingerprint density at radius 2 is 1.72 bits per heavy atom. The van der Waals surface area contributed by atoms with Crippen molar-refractivity contribution in [1.29, 1.82) is 0 Å². The van der Waals surface area contributed by atoms with E-state index in [1.165, 1.54) is 16.5 Å². The maximum absolute atomic E-state index is 14.0. The molecule has 0 aliphatic carbocycles. The second kappa shape index (κ2) is 6.42. The number of hydrogen-bond acceptors (Lipinski definition) is 5. The molecule has 3 aromatic rings. The zero-order chi connectivity index (χ0) is 17.6. The van der Waals surface area contributed by atoms with E-state index < -0.39 is 0 Å². The summed E-state index contributed by atoms with van der Waals surface area (Å²) in [5.74, 6) is 0.720. The van der Waals surface area contributed by atoms with Gasteiger partial charge in [-0.15, -0.1) is 11.3 Å². The van der Waals surface area contributed by atoms with E-state index in [0.717, 1.165) is 42.2 Å². The summed E-state index contributed by atoms with van der Waals surface area (Å²) in [5.41, 5.74) is 1.87. The Balaban J connectivity index is 1.63. The quantitative estimate of drug-likeness (QED) is 0.619. The Hall–Kier alpha value is -1.92. The van der Waals surface area contributed by atoms with E-state index in [4.69, 9.17) is 11.6 Å². The zero-order valence-electron chi connectivity index (χ0n) is 14.1. The number of thiophene rings is 1. The van der Waals surface area contributed by atoms with E-state index in [-0.39, 0.29) is 11.1 Å². The van der Waals surface area contributed by atoms with Gasteiger partial charge in [0.25, 0.3) is 0 Å². The van der Waals surface area contributed by atoms with Crippen molar-refractivity contribution in [2.24, 2.45) is 0 Å². The third-order valence-corrected chi connectivity index (χ3v) is 6.02. The first-order valence-corrected chi connectivity index (χ1v) is 9.41. The monoisotopic (exact) mass is 376 g/mol. The number of halogens is 2. The predicted octanol–water partition coefficient (Wildman–Crippen LogP) is 4.43. The van der Waals surface area contributed by atoms with Crippen molar-refractivity contribution in [3.8, 4) is 0 Å². The van der Waals surface area contributed by atoms with Crippen LogP contribution in [0.25, 0.3) is 10.2 Å². The molecule has 4 rings (SSSR count). The van der Waals surface area contributed by atoms with E-state index in [0.29, 0.717) is 5.69 Å². The highest BCUT2D eigenvalue weighted by molar-refractivity contribution is 7.18. The van der Waals surface area contributed by atoms with Crippen molar-refractivity contribution in [3.63, 3.8) is 0 Å². The van der Waals surface area contributed by atoms with E-state index in [2.05, 4.69) is 33.6 Å². The lowest BCUT2D eigenvalue weighted by molar-refractivity contribution is 0.596. The number of aromatic nitrogens is 2. The molecule has 1 aliphatic heterocycles. The van der Waals surface area contributed by atoms with Gasteiger partial charge in [-0.1, -0.05) is 12.1 Å². The Bertz CT molecular complexity index is 934. The summed E-state index contributed by atoms with van der Waals surface area (Å²) in [6.07, 6.45) is 0. The van der Waals surface area contributed by atoms with Gasteiger partial charge in [0.15, 0.2) is 0 Å². The lowest BCUT2D eigenvalue weighted by Gasteiger charge is -2.37. The standard InChI is InChI=1S/C18H18ClFN4S/c1-11-12(2)25-17-15(11)16(21-18(19)22-17)24-9-7-23(8-10-24)14-6-4-3-5-13(14)20/h3-6H,7-10H2,1-2H3. The van der Waals surface area contributed by atoms with Gasteiger partial charge < -0.3 is 9.80 Å². The lowest BCUT2D eigenvalue weighted by Crippen LogP contribution is -2.47. The van der Waals surface area contributed by atoms with E-state index in [1.54, 1.807) is 17.4 Å². The summed E-state index contributed by atoms with van der Waals surface area (Å²) >= 11 is 7.80. The average molecular weight is 377 g/mol. The van der Waals surface area contributed by atoms with Gasteiger partial charge in [-0.05, 0) is 43.1 Å². The number of para-hydroxylation sites is 1. The van der Waals surface area contributed by atoms with Crippen LogP contribution in [-0.2, 0) is 0 Å². The van der Waals surface area contributed by atoms with Crippen molar-refractivity contribution in [1.82, 2.24) is 9.97 Å². The largest absolute Gasteiger partial charge is 0.366 e. The third kappa shape index (κ3) is 2.93. The molecule has 1 aliphatic rings. The fourth-order valence-electron chi connectivity index (χ4n) is 3.30. The maximum Gasteiger partial charge on any atom is 0.225 e. The summed E-state index contributed by atoms with van der Waals surface area (Å²) in [6, 6.07) is 6.93. The molecule has 0 bridgehead atoms. The van der Waals surface area contributed by atoms with Crippen LogP contribution in [0.2, 0.25) is 5.28 Å². The van der Waals surface area contributed by atoms with Crippen molar-refractivity contribution >= 4 is 44.7 Å². The van der Waals surface area contributed by atoms with Crippen molar-refractivity contribution in [3.05, 3.63) is 45.8 Å². The molecule has 1 fully saturated rings. The minimum Gasteiger partial charge on any atom is -0.366 e. The molecule has 2 aromatic heterocycles. The number of piperazine rings is 1. The second-order valence-corrected chi connectivity index (χ2v) is 7.75. The number of aryl methyl sites for hydroxylation is 2. The van der Waals surface area contributed by atoms with Crippen molar-refractivity contribution in [2.45, 2.75) is 13.8 Å². The number of nitrogens with zero attached hydrogens (tertiary/aromatic N) is 4. The molecule has 3 heterocycles. The van der Waals surface area contributed by atoms with E-state index in [9.17, 15) is 4.39 Å². The SMILES string of the molecule is Cc1sc2nc(Cl)nc(N3CCN(c4ccccc4F)CC3)c2c1C. The predicted molar refractivity (Wildman–Crippen MR) is 103 cm³/mol. The Morgan fingerprint density at radius 3 is 2.44 bits per heavy atom. The fourth-order valence-corrected chi connectivity index (χ4v) is 4.54. The van der Waals surface area contributed by atoms with Gasteiger partial charge in [0, 0.05) is 31.1 Å². The van der Waals surface area contributed by atoms with Crippen LogP contribution in [0.3, 0.4) is 0 Å². The first-order chi connectivity index (χ1) is 12.0.